The summed E-state index contributed by atoms with van der Waals surface area (Å²) in [7, 11) is -3.87. The molecule has 9 heteroatoms. The molecule has 0 aromatic heterocycles. The standard InChI is InChI=1S/C15H13ClN2O5S/c1-2-17-24(22,23)14-8-5-11(16)9-13(14)15(19)10-3-6-12(7-4-10)18(20)21/h3-9,17H,2H2,1H3. The summed E-state index contributed by atoms with van der Waals surface area (Å²) in [5.41, 5.74) is -0.147. The Morgan fingerprint density at radius 3 is 2.38 bits per heavy atom. The van der Waals surface area contributed by atoms with E-state index in [-0.39, 0.29) is 33.3 Å². The van der Waals surface area contributed by atoms with Crippen LogP contribution in [0, 0.1) is 10.1 Å². The van der Waals surface area contributed by atoms with E-state index in [1.807, 2.05) is 0 Å². The Kier molecular flexibility index (Phi) is 5.33. The first kappa shape index (κ1) is 18.1. The molecule has 24 heavy (non-hydrogen) atoms. The molecule has 0 atom stereocenters. The van der Waals surface area contributed by atoms with Crippen molar-refractivity contribution in [3.05, 3.63) is 68.7 Å². The van der Waals surface area contributed by atoms with Crippen LogP contribution in [0.1, 0.15) is 22.8 Å². The lowest BCUT2D eigenvalue weighted by molar-refractivity contribution is -0.384. The maximum Gasteiger partial charge on any atom is 0.269 e. The summed E-state index contributed by atoms with van der Waals surface area (Å²) in [6, 6.07) is 8.77. The minimum absolute atomic E-state index is 0.0997. The molecule has 2 rings (SSSR count). The zero-order valence-electron chi connectivity index (χ0n) is 12.5. The molecule has 2 aromatic carbocycles. The van der Waals surface area contributed by atoms with E-state index in [1.165, 1.54) is 42.5 Å². The second kappa shape index (κ2) is 7.08. The molecular weight excluding hydrogens is 356 g/mol. The van der Waals surface area contributed by atoms with Gasteiger partial charge < -0.3 is 0 Å². The number of carbonyl (C=O) groups is 1. The van der Waals surface area contributed by atoms with Crippen LogP contribution in [0.5, 0.6) is 0 Å². The number of ketones is 1. The van der Waals surface area contributed by atoms with Crippen LogP contribution in [0.2, 0.25) is 5.02 Å². The monoisotopic (exact) mass is 368 g/mol. The molecule has 0 aliphatic rings. The van der Waals surface area contributed by atoms with Crippen LogP contribution in [0.15, 0.2) is 47.4 Å². The fourth-order valence-electron chi connectivity index (χ4n) is 2.07. The summed E-state index contributed by atoms with van der Waals surface area (Å²) in [6.45, 7) is 1.78. The molecule has 0 bridgehead atoms. The third-order valence-corrected chi connectivity index (χ3v) is 4.99. The second-order valence-electron chi connectivity index (χ2n) is 4.77. The Morgan fingerprint density at radius 1 is 1.21 bits per heavy atom. The minimum Gasteiger partial charge on any atom is -0.289 e. The van der Waals surface area contributed by atoms with Crippen LogP contribution < -0.4 is 4.72 Å². The highest BCUT2D eigenvalue weighted by molar-refractivity contribution is 7.89. The van der Waals surface area contributed by atoms with Gasteiger partial charge in [0.1, 0.15) is 0 Å². The highest BCUT2D eigenvalue weighted by Gasteiger charge is 2.23. The first-order valence-electron chi connectivity index (χ1n) is 6.84. The minimum atomic E-state index is -3.87. The molecule has 0 aliphatic heterocycles. The number of halogens is 1. The topological polar surface area (TPSA) is 106 Å². The highest BCUT2D eigenvalue weighted by atomic mass is 35.5. The summed E-state index contributed by atoms with van der Waals surface area (Å²) in [5.74, 6) is -0.594. The summed E-state index contributed by atoms with van der Waals surface area (Å²) in [5, 5.41) is 10.9. The summed E-state index contributed by atoms with van der Waals surface area (Å²) in [4.78, 5) is 22.5. The molecule has 0 fully saturated rings. The third-order valence-electron chi connectivity index (χ3n) is 3.15. The number of carbonyl (C=O) groups excluding carboxylic acids is 1. The second-order valence-corrected chi connectivity index (χ2v) is 6.95. The van der Waals surface area contributed by atoms with E-state index in [1.54, 1.807) is 6.92 Å². The number of nitro groups is 1. The zero-order valence-corrected chi connectivity index (χ0v) is 14.1. The number of rotatable bonds is 6. The van der Waals surface area contributed by atoms with E-state index in [0.717, 1.165) is 0 Å². The van der Waals surface area contributed by atoms with Gasteiger partial charge in [-0.3, -0.25) is 14.9 Å². The van der Waals surface area contributed by atoms with E-state index in [2.05, 4.69) is 4.72 Å². The first-order chi connectivity index (χ1) is 11.3. The number of sulfonamides is 1. The van der Waals surface area contributed by atoms with Crippen molar-refractivity contribution >= 4 is 33.1 Å². The van der Waals surface area contributed by atoms with Gasteiger partial charge in [-0.25, -0.2) is 13.1 Å². The number of hydrogen-bond donors (Lipinski definition) is 1. The van der Waals surface area contributed by atoms with Gasteiger partial charge in [-0.15, -0.1) is 0 Å². The number of nitrogens with zero attached hydrogens (tertiary/aromatic N) is 1. The molecule has 0 radical (unpaired) electrons. The van der Waals surface area contributed by atoms with Crippen molar-refractivity contribution in [3.8, 4) is 0 Å². The molecule has 1 N–H and O–H groups in total. The Labute approximate surface area is 143 Å². The Bertz CT molecular complexity index is 895. The fourth-order valence-corrected chi connectivity index (χ4v) is 3.47. The molecule has 0 spiro atoms. The zero-order chi connectivity index (χ0) is 17.9. The van der Waals surface area contributed by atoms with Crippen molar-refractivity contribution in [2.45, 2.75) is 11.8 Å². The lowest BCUT2D eigenvalue weighted by Gasteiger charge is -2.10. The van der Waals surface area contributed by atoms with Crippen molar-refractivity contribution in [1.82, 2.24) is 4.72 Å². The normalized spacial score (nSPS) is 11.2. The van der Waals surface area contributed by atoms with Gasteiger partial charge in [0.2, 0.25) is 10.0 Å². The molecule has 0 saturated carbocycles. The van der Waals surface area contributed by atoms with Crippen molar-refractivity contribution in [2.24, 2.45) is 0 Å². The molecule has 0 heterocycles. The van der Waals surface area contributed by atoms with Gasteiger partial charge in [-0.2, -0.15) is 0 Å². The van der Waals surface area contributed by atoms with E-state index in [9.17, 15) is 23.3 Å². The van der Waals surface area contributed by atoms with Crippen molar-refractivity contribution in [2.75, 3.05) is 6.54 Å². The molecule has 7 nitrogen and oxygen atoms in total. The fraction of sp³-hybridized carbons (Fsp3) is 0.133. The Hall–Kier alpha value is -2.29. The number of benzene rings is 2. The predicted molar refractivity (Wildman–Crippen MR) is 88.8 cm³/mol. The maximum atomic E-state index is 12.6. The Morgan fingerprint density at radius 2 is 1.83 bits per heavy atom. The van der Waals surface area contributed by atoms with Crippen LogP contribution in [0.4, 0.5) is 5.69 Å². The average Bonchev–Trinajstić information content (AvgIpc) is 2.53. The molecule has 0 saturated heterocycles. The van der Waals surface area contributed by atoms with Crippen LogP contribution in [-0.4, -0.2) is 25.7 Å². The first-order valence-corrected chi connectivity index (χ1v) is 8.70. The quantitative estimate of drug-likeness (QED) is 0.479. The van der Waals surface area contributed by atoms with Crippen molar-refractivity contribution in [1.29, 1.82) is 0 Å². The molecule has 0 unspecified atom stereocenters. The Balaban J connectivity index is 2.53. The summed E-state index contributed by atoms with van der Waals surface area (Å²) >= 11 is 5.89. The number of non-ortho nitro benzene ring substituents is 1. The maximum absolute atomic E-state index is 12.6. The SMILES string of the molecule is CCNS(=O)(=O)c1ccc(Cl)cc1C(=O)c1ccc([N+](=O)[O-])cc1. The molecule has 0 amide bonds. The number of hydrogen-bond acceptors (Lipinski definition) is 5. The molecular formula is C15H13ClN2O5S. The van der Waals surface area contributed by atoms with Gasteiger partial charge in [-0.05, 0) is 30.3 Å². The third kappa shape index (κ3) is 3.78. The van der Waals surface area contributed by atoms with Crippen molar-refractivity contribution in [3.63, 3.8) is 0 Å². The molecule has 0 aliphatic carbocycles. The van der Waals surface area contributed by atoms with Crippen LogP contribution in [-0.2, 0) is 10.0 Å². The van der Waals surface area contributed by atoms with Crippen molar-refractivity contribution < 1.29 is 18.1 Å². The lowest BCUT2D eigenvalue weighted by atomic mass is 10.0. The highest BCUT2D eigenvalue weighted by Crippen LogP contribution is 2.24. The summed E-state index contributed by atoms with van der Waals surface area (Å²) in [6.07, 6.45) is 0. The van der Waals surface area contributed by atoms with Gasteiger partial charge >= 0.3 is 0 Å². The van der Waals surface area contributed by atoms with E-state index < -0.39 is 20.7 Å². The number of nitro benzene ring substituents is 1. The van der Waals surface area contributed by atoms with Gasteiger partial charge in [0.05, 0.1) is 9.82 Å². The van der Waals surface area contributed by atoms with Crippen LogP contribution in [0.25, 0.3) is 0 Å². The smallest absolute Gasteiger partial charge is 0.269 e. The average molecular weight is 369 g/mol. The molecule has 126 valence electrons. The predicted octanol–water partition coefficient (Wildman–Crippen LogP) is 2.78. The van der Waals surface area contributed by atoms with Crippen LogP contribution >= 0.6 is 11.6 Å². The number of nitrogens with one attached hydrogen (secondary N) is 1. The summed E-state index contributed by atoms with van der Waals surface area (Å²) < 4.78 is 26.8. The largest absolute Gasteiger partial charge is 0.289 e. The molecule has 2 aromatic rings. The van der Waals surface area contributed by atoms with E-state index in [4.69, 9.17) is 11.6 Å². The van der Waals surface area contributed by atoms with E-state index in [0.29, 0.717) is 0 Å². The van der Waals surface area contributed by atoms with Gasteiger partial charge in [0.25, 0.3) is 5.69 Å². The van der Waals surface area contributed by atoms with E-state index >= 15 is 0 Å². The van der Waals surface area contributed by atoms with Gasteiger partial charge in [0.15, 0.2) is 5.78 Å². The van der Waals surface area contributed by atoms with Gasteiger partial charge in [-0.1, -0.05) is 18.5 Å². The van der Waals surface area contributed by atoms with Crippen LogP contribution in [0.3, 0.4) is 0 Å². The van der Waals surface area contributed by atoms with Gasteiger partial charge in [0, 0.05) is 34.8 Å². The lowest BCUT2D eigenvalue weighted by Crippen LogP contribution is -2.25.